The lowest BCUT2D eigenvalue weighted by Gasteiger charge is -2.31. The topological polar surface area (TPSA) is 8.17 Å². The van der Waals surface area contributed by atoms with E-state index >= 15 is 0 Å². The highest BCUT2D eigenvalue weighted by molar-refractivity contribution is 6.27. The van der Waals surface area contributed by atoms with Gasteiger partial charge in [0.2, 0.25) is 0 Å². The van der Waals surface area contributed by atoms with E-state index in [1.54, 1.807) is 0 Å². The van der Waals surface area contributed by atoms with E-state index in [-0.39, 0.29) is 5.41 Å². The van der Waals surface area contributed by atoms with Crippen LogP contribution in [0.1, 0.15) is 26.3 Å². The largest absolute Gasteiger partial charge is 0.309 e. The van der Waals surface area contributed by atoms with Crippen LogP contribution in [0.3, 0.4) is 0 Å². The minimum absolute atomic E-state index is 0.0387. The van der Waals surface area contributed by atoms with Crippen molar-refractivity contribution in [3.8, 4) is 27.9 Å². The van der Waals surface area contributed by atoms with E-state index < -0.39 is 0 Å². The molecule has 1 heterocycles. The third-order valence-corrected chi connectivity index (χ3v) is 12.1. The van der Waals surface area contributed by atoms with Gasteiger partial charge < -0.3 is 9.47 Å². The lowest BCUT2D eigenvalue weighted by atomic mass is 9.87. The average Bonchev–Trinajstić information content (AvgIpc) is 3.60. The number of hydrogen-bond acceptors (Lipinski definition) is 1. The predicted molar refractivity (Wildman–Crippen MR) is 249 cm³/mol. The molecular formula is C56H42N2. The van der Waals surface area contributed by atoms with Crippen LogP contribution in [0, 0.1) is 0 Å². The number of fused-ring (bicyclic) bond motifs is 3. The molecule has 0 bridgehead atoms. The SMILES string of the molecule is CC(C)(C)c1ccc(N(c2ccc(-c3ccccc3)cc2-c2ccccc2)c2ccc3ccc4c(-n5c6ccccc6c6ccccc65)ccc5ccc2c3c54)cc1. The molecule has 11 rings (SSSR count). The highest BCUT2D eigenvalue weighted by Crippen LogP contribution is 2.48. The molecule has 0 unspecified atom stereocenters. The van der Waals surface area contributed by atoms with Gasteiger partial charge in [-0.1, -0.05) is 172 Å². The maximum atomic E-state index is 2.49. The zero-order valence-corrected chi connectivity index (χ0v) is 32.9. The van der Waals surface area contributed by atoms with Crippen molar-refractivity contribution < 1.29 is 0 Å². The third-order valence-electron chi connectivity index (χ3n) is 12.1. The van der Waals surface area contributed by atoms with Gasteiger partial charge in [0.05, 0.1) is 28.1 Å². The van der Waals surface area contributed by atoms with Crippen molar-refractivity contribution in [2.45, 2.75) is 26.2 Å². The fourth-order valence-corrected chi connectivity index (χ4v) is 9.25. The molecule has 1 aromatic heterocycles. The number of nitrogens with zero attached hydrogens (tertiary/aromatic N) is 2. The van der Waals surface area contributed by atoms with Crippen LogP contribution in [0.15, 0.2) is 200 Å². The molecule has 0 aliphatic heterocycles. The summed E-state index contributed by atoms with van der Waals surface area (Å²) in [4.78, 5) is 2.49. The van der Waals surface area contributed by atoms with Crippen LogP contribution in [0.4, 0.5) is 17.1 Å². The van der Waals surface area contributed by atoms with Gasteiger partial charge in [-0.05, 0) is 97.7 Å². The monoisotopic (exact) mass is 742 g/mol. The first kappa shape index (κ1) is 34.1. The summed E-state index contributed by atoms with van der Waals surface area (Å²) in [6.45, 7) is 6.85. The smallest absolute Gasteiger partial charge is 0.0541 e. The molecule has 0 N–H and O–H groups in total. The second-order valence-electron chi connectivity index (χ2n) is 16.6. The second kappa shape index (κ2) is 13.2. The molecule has 2 heteroatoms. The normalized spacial score (nSPS) is 12.1. The van der Waals surface area contributed by atoms with E-state index in [0.717, 1.165) is 17.1 Å². The molecule has 0 saturated heterocycles. The van der Waals surface area contributed by atoms with Gasteiger partial charge in [0.15, 0.2) is 0 Å². The van der Waals surface area contributed by atoms with Crippen LogP contribution >= 0.6 is 0 Å². The number of benzene rings is 10. The minimum Gasteiger partial charge on any atom is -0.309 e. The van der Waals surface area contributed by atoms with Crippen LogP contribution in [-0.4, -0.2) is 4.57 Å². The molecule has 276 valence electrons. The summed E-state index contributed by atoms with van der Waals surface area (Å²) in [7, 11) is 0. The van der Waals surface area contributed by atoms with Gasteiger partial charge in [-0.3, -0.25) is 0 Å². The van der Waals surface area contributed by atoms with Crippen molar-refractivity contribution in [2.75, 3.05) is 4.90 Å². The lowest BCUT2D eigenvalue weighted by Crippen LogP contribution is -2.14. The molecule has 0 saturated carbocycles. The van der Waals surface area contributed by atoms with Gasteiger partial charge in [-0.15, -0.1) is 0 Å². The van der Waals surface area contributed by atoms with E-state index in [1.807, 2.05) is 0 Å². The van der Waals surface area contributed by atoms with Crippen LogP contribution in [0.2, 0.25) is 0 Å². The summed E-state index contributed by atoms with van der Waals surface area (Å²) < 4.78 is 2.46. The van der Waals surface area contributed by atoms with Crippen molar-refractivity contribution >= 4 is 71.2 Å². The van der Waals surface area contributed by atoms with Crippen LogP contribution in [0.5, 0.6) is 0 Å². The fraction of sp³-hybridized carbons (Fsp3) is 0.0714. The molecule has 0 aliphatic rings. The van der Waals surface area contributed by atoms with Gasteiger partial charge in [0.25, 0.3) is 0 Å². The Bertz CT molecular complexity index is 3240. The summed E-state index contributed by atoms with van der Waals surface area (Å²) in [5.41, 5.74) is 13.2. The van der Waals surface area contributed by atoms with Crippen molar-refractivity contribution in [1.29, 1.82) is 0 Å². The second-order valence-corrected chi connectivity index (χ2v) is 16.6. The molecule has 0 aliphatic carbocycles. The molecule has 0 radical (unpaired) electrons. The standard InChI is InChI=1S/C56H42N2/c1-56(2,3)42-27-29-43(30-28-42)57(53-35-26-41(37-14-6-4-7-15-37)36-48(53)38-16-8-5-9-17-38)51-33-24-39-23-32-47-52(34-25-40-22-31-46(51)54(39)55(40)47)58-49-20-12-10-18-44(49)45-19-11-13-21-50(45)58/h4-36H,1-3H3. The predicted octanol–water partition coefficient (Wildman–Crippen LogP) is 15.8. The molecule has 11 aromatic rings. The zero-order valence-electron chi connectivity index (χ0n) is 32.9. The highest BCUT2D eigenvalue weighted by atomic mass is 15.1. The quantitative estimate of drug-likeness (QED) is 0.154. The maximum absolute atomic E-state index is 2.49. The number of rotatable bonds is 6. The molecule has 0 fully saturated rings. The Kier molecular flexibility index (Phi) is 7.78. The zero-order chi connectivity index (χ0) is 39.0. The van der Waals surface area contributed by atoms with Gasteiger partial charge in [-0.25, -0.2) is 0 Å². The minimum atomic E-state index is 0.0387. The Morgan fingerprint density at radius 3 is 1.59 bits per heavy atom. The average molecular weight is 743 g/mol. The number of hydrogen-bond donors (Lipinski definition) is 0. The van der Waals surface area contributed by atoms with Crippen molar-refractivity contribution in [3.05, 3.63) is 206 Å². The van der Waals surface area contributed by atoms with Gasteiger partial charge in [0.1, 0.15) is 0 Å². The van der Waals surface area contributed by atoms with Gasteiger partial charge >= 0.3 is 0 Å². The van der Waals surface area contributed by atoms with Crippen LogP contribution in [-0.2, 0) is 5.41 Å². The Morgan fingerprint density at radius 1 is 0.397 bits per heavy atom. The Hall–Kier alpha value is -7.16. The van der Waals surface area contributed by atoms with Gasteiger partial charge in [0, 0.05) is 32.8 Å². The van der Waals surface area contributed by atoms with E-state index in [4.69, 9.17) is 0 Å². The third kappa shape index (κ3) is 5.40. The Labute approximate surface area is 339 Å². The van der Waals surface area contributed by atoms with Crippen molar-refractivity contribution in [1.82, 2.24) is 4.57 Å². The summed E-state index contributed by atoms with van der Waals surface area (Å²) in [6.07, 6.45) is 0. The molecule has 2 nitrogen and oxygen atoms in total. The first-order valence-corrected chi connectivity index (χ1v) is 20.3. The lowest BCUT2D eigenvalue weighted by molar-refractivity contribution is 0.590. The van der Waals surface area contributed by atoms with E-state index in [9.17, 15) is 0 Å². The van der Waals surface area contributed by atoms with E-state index in [0.29, 0.717) is 0 Å². The summed E-state index contributed by atoms with van der Waals surface area (Å²) >= 11 is 0. The number of anilines is 3. The first-order valence-electron chi connectivity index (χ1n) is 20.3. The Balaban J connectivity index is 1.19. The molecular weight excluding hydrogens is 701 g/mol. The van der Waals surface area contributed by atoms with Gasteiger partial charge in [-0.2, -0.15) is 0 Å². The van der Waals surface area contributed by atoms with Crippen molar-refractivity contribution in [3.63, 3.8) is 0 Å². The molecule has 0 amide bonds. The van der Waals surface area contributed by atoms with Crippen LogP contribution < -0.4 is 4.90 Å². The summed E-state index contributed by atoms with van der Waals surface area (Å²) in [5, 5.41) is 10.1. The Morgan fingerprint density at radius 2 is 0.931 bits per heavy atom. The van der Waals surface area contributed by atoms with E-state index in [1.165, 1.54) is 87.6 Å². The fourth-order valence-electron chi connectivity index (χ4n) is 9.25. The number of para-hydroxylation sites is 2. The summed E-state index contributed by atoms with van der Waals surface area (Å²) in [5.74, 6) is 0. The molecule has 0 spiro atoms. The molecule has 10 aromatic carbocycles. The summed E-state index contributed by atoms with van der Waals surface area (Å²) in [6, 6.07) is 73.9. The van der Waals surface area contributed by atoms with Crippen molar-refractivity contribution in [2.24, 2.45) is 0 Å². The first-order chi connectivity index (χ1) is 28.4. The number of aromatic nitrogens is 1. The maximum Gasteiger partial charge on any atom is 0.0541 e. The highest BCUT2D eigenvalue weighted by Gasteiger charge is 2.24. The molecule has 0 atom stereocenters. The van der Waals surface area contributed by atoms with Crippen LogP contribution in [0.25, 0.3) is 82.1 Å². The van der Waals surface area contributed by atoms with E-state index in [2.05, 4.69) is 230 Å². The molecule has 58 heavy (non-hydrogen) atoms.